The van der Waals surface area contributed by atoms with Gasteiger partial charge in [0.2, 0.25) is 0 Å². The average molecular weight is 312 g/mol. The van der Waals surface area contributed by atoms with Gasteiger partial charge in [0, 0.05) is 0 Å². The Kier molecular flexibility index (Phi) is 1.96. The lowest BCUT2D eigenvalue weighted by atomic mass is 9.86. The molecule has 70 valence electrons. The summed E-state index contributed by atoms with van der Waals surface area (Å²) >= 11 is 7.33. The van der Waals surface area contributed by atoms with Crippen molar-refractivity contribution < 1.29 is 0 Å². The van der Waals surface area contributed by atoms with Gasteiger partial charge in [-0.05, 0) is 34.0 Å². The summed E-state index contributed by atoms with van der Waals surface area (Å²) in [7, 11) is 0. The van der Waals surface area contributed by atoms with Gasteiger partial charge in [-0.2, -0.15) is 0 Å². The summed E-state index contributed by atoms with van der Waals surface area (Å²) in [6.07, 6.45) is 0. The van der Waals surface area contributed by atoms with Gasteiger partial charge in [0.25, 0.3) is 0 Å². The fraction of sp³-hybridized carbons (Fsp3) is 0.167. The molecule has 0 saturated heterocycles. The zero-order valence-electron chi connectivity index (χ0n) is 7.37. The van der Waals surface area contributed by atoms with Gasteiger partial charge < -0.3 is 0 Å². The summed E-state index contributed by atoms with van der Waals surface area (Å²) in [4.78, 5) is 0.948. The summed E-state index contributed by atoms with van der Waals surface area (Å²) in [5.41, 5.74) is 2.84. The molecule has 0 amide bonds. The Labute approximate surface area is 99.6 Å². The van der Waals surface area contributed by atoms with E-state index in [-0.39, 0.29) is 0 Å². The lowest BCUT2D eigenvalue weighted by Crippen LogP contribution is -2.14. The topological polar surface area (TPSA) is 0 Å². The molecule has 0 fully saturated rings. The molecule has 0 N–H and O–H groups in total. The molecule has 1 aliphatic carbocycles. The summed E-state index contributed by atoms with van der Waals surface area (Å²) < 4.78 is 0. The second kappa shape index (κ2) is 3.07. The van der Waals surface area contributed by atoms with Gasteiger partial charge >= 0.3 is 0 Å². The van der Waals surface area contributed by atoms with E-state index in [1.54, 1.807) is 0 Å². The summed E-state index contributed by atoms with van der Waals surface area (Å²) in [6, 6.07) is 13.1. The van der Waals surface area contributed by atoms with E-state index in [9.17, 15) is 0 Å². The van der Waals surface area contributed by atoms with Gasteiger partial charge in [0.05, 0.1) is 9.65 Å². The first kappa shape index (κ1) is 8.93. The number of fused-ring (bicyclic) bond motifs is 2. The van der Waals surface area contributed by atoms with Crippen LogP contribution in [0, 0.1) is 0 Å². The lowest BCUT2D eigenvalue weighted by molar-refractivity contribution is 0.824. The molecule has 0 heterocycles. The summed E-state index contributed by atoms with van der Waals surface area (Å²) in [6.45, 7) is 0. The van der Waals surface area contributed by atoms with E-state index in [0.29, 0.717) is 9.65 Å². The monoisotopic (exact) mass is 310 g/mol. The maximum absolute atomic E-state index is 3.66. The highest BCUT2D eigenvalue weighted by Crippen LogP contribution is 2.54. The molecule has 0 spiro atoms. The molecule has 0 unspecified atom stereocenters. The number of hydrogen-bond donors (Lipinski definition) is 0. The number of alkyl halides is 2. The Bertz CT molecular complexity index is 458. The average Bonchev–Trinajstić information content (AvgIpc) is 2.26. The second-order valence-corrected chi connectivity index (χ2v) is 5.60. The first-order chi connectivity index (χ1) is 6.77. The number of rotatable bonds is 0. The minimum Gasteiger partial charge on any atom is -0.0823 e. The van der Waals surface area contributed by atoms with Crippen LogP contribution in [-0.2, 0) is 0 Å². The first-order valence-electron chi connectivity index (χ1n) is 4.58. The van der Waals surface area contributed by atoms with Crippen molar-refractivity contribution in [3.8, 4) is 0 Å². The third-order valence-corrected chi connectivity index (χ3v) is 5.56. The Morgan fingerprint density at radius 3 is 1.64 bits per heavy atom. The highest BCUT2D eigenvalue weighted by Gasteiger charge is 2.33. The molecule has 0 radical (unpaired) electrons. The Hall–Kier alpha value is -0.340. The quantitative estimate of drug-likeness (QED) is 0.617. The van der Waals surface area contributed by atoms with Crippen molar-refractivity contribution in [1.82, 2.24) is 0 Å². The van der Waals surface area contributed by atoms with Gasteiger partial charge in [-0.3, -0.25) is 0 Å². The zero-order chi connectivity index (χ0) is 9.71. The molecule has 2 atom stereocenters. The standard InChI is InChI=1S/C12H8Br2/c13-11-9-5-7-3-1-2-4-8(7)6-10(9)12(11)14/h1-6,11-12H/t11-,12-/m0/s1. The van der Waals surface area contributed by atoms with Crippen LogP contribution in [0.2, 0.25) is 0 Å². The lowest BCUT2D eigenvalue weighted by Gasteiger charge is -2.32. The van der Waals surface area contributed by atoms with Crippen LogP contribution < -0.4 is 0 Å². The van der Waals surface area contributed by atoms with Gasteiger partial charge in [0.1, 0.15) is 0 Å². The molecule has 0 bridgehead atoms. The maximum atomic E-state index is 3.66. The molecular formula is C12H8Br2. The third kappa shape index (κ3) is 1.10. The SMILES string of the molecule is Br[C@H]1c2cc3ccccc3cc2[C@@H]1Br. The molecule has 1 aliphatic rings. The molecule has 0 nitrogen and oxygen atoms in total. The van der Waals surface area contributed by atoms with E-state index in [1.807, 2.05) is 0 Å². The van der Waals surface area contributed by atoms with Crippen LogP contribution in [0.15, 0.2) is 36.4 Å². The van der Waals surface area contributed by atoms with Crippen molar-refractivity contribution in [3.63, 3.8) is 0 Å². The molecular weight excluding hydrogens is 304 g/mol. The fourth-order valence-corrected chi connectivity index (χ4v) is 3.33. The van der Waals surface area contributed by atoms with E-state index in [4.69, 9.17) is 0 Å². The third-order valence-electron chi connectivity index (χ3n) is 2.80. The van der Waals surface area contributed by atoms with Crippen LogP contribution in [0.25, 0.3) is 10.8 Å². The molecule has 0 aromatic heterocycles. The summed E-state index contributed by atoms with van der Waals surface area (Å²) in [5.74, 6) is 0. The molecule has 0 aliphatic heterocycles. The highest BCUT2D eigenvalue weighted by atomic mass is 79.9. The first-order valence-corrected chi connectivity index (χ1v) is 6.41. The van der Waals surface area contributed by atoms with Crippen molar-refractivity contribution in [3.05, 3.63) is 47.5 Å². The summed E-state index contributed by atoms with van der Waals surface area (Å²) in [5, 5.41) is 2.66. The van der Waals surface area contributed by atoms with E-state index in [2.05, 4.69) is 68.3 Å². The largest absolute Gasteiger partial charge is 0.0823 e. The van der Waals surface area contributed by atoms with Crippen LogP contribution in [0.3, 0.4) is 0 Å². The number of benzene rings is 2. The van der Waals surface area contributed by atoms with Crippen molar-refractivity contribution in [1.29, 1.82) is 0 Å². The smallest absolute Gasteiger partial charge is 0.0564 e. The van der Waals surface area contributed by atoms with Crippen LogP contribution in [0.5, 0.6) is 0 Å². The predicted octanol–water partition coefficient (Wildman–Crippen LogP) is 4.73. The Morgan fingerprint density at radius 2 is 1.21 bits per heavy atom. The van der Waals surface area contributed by atoms with Crippen LogP contribution in [0.1, 0.15) is 20.8 Å². The molecule has 14 heavy (non-hydrogen) atoms. The Morgan fingerprint density at radius 1 is 0.786 bits per heavy atom. The second-order valence-electron chi connectivity index (χ2n) is 3.63. The minimum absolute atomic E-state index is 0.474. The Balaban J connectivity index is 2.31. The number of halogens is 2. The van der Waals surface area contributed by atoms with Crippen LogP contribution in [0.4, 0.5) is 0 Å². The van der Waals surface area contributed by atoms with Gasteiger partial charge in [-0.15, -0.1) is 0 Å². The highest BCUT2D eigenvalue weighted by molar-refractivity contribution is 9.12. The fourth-order valence-electron chi connectivity index (χ4n) is 1.97. The van der Waals surface area contributed by atoms with Crippen molar-refractivity contribution in [2.75, 3.05) is 0 Å². The van der Waals surface area contributed by atoms with E-state index < -0.39 is 0 Å². The van der Waals surface area contributed by atoms with Gasteiger partial charge in [-0.25, -0.2) is 0 Å². The minimum atomic E-state index is 0.474. The van der Waals surface area contributed by atoms with Crippen molar-refractivity contribution in [2.45, 2.75) is 9.65 Å². The molecule has 2 aromatic carbocycles. The van der Waals surface area contributed by atoms with Gasteiger partial charge in [0.15, 0.2) is 0 Å². The predicted molar refractivity (Wildman–Crippen MR) is 67.3 cm³/mol. The van der Waals surface area contributed by atoms with E-state index in [0.717, 1.165) is 0 Å². The van der Waals surface area contributed by atoms with Crippen LogP contribution in [-0.4, -0.2) is 0 Å². The maximum Gasteiger partial charge on any atom is 0.0564 e. The molecule has 3 rings (SSSR count). The van der Waals surface area contributed by atoms with Gasteiger partial charge in [-0.1, -0.05) is 56.1 Å². The van der Waals surface area contributed by atoms with E-state index in [1.165, 1.54) is 21.9 Å². The number of hydrogen-bond acceptors (Lipinski definition) is 0. The van der Waals surface area contributed by atoms with Crippen molar-refractivity contribution in [2.24, 2.45) is 0 Å². The molecule has 2 heteroatoms. The normalized spacial score (nSPS) is 24.4. The van der Waals surface area contributed by atoms with Crippen molar-refractivity contribution >= 4 is 42.6 Å². The van der Waals surface area contributed by atoms with E-state index >= 15 is 0 Å². The molecule has 2 aromatic rings. The van der Waals surface area contributed by atoms with Crippen LogP contribution >= 0.6 is 31.9 Å². The zero-order valence-corrected chi connectivity index (χ0v) is 10.5. The molecule has 0 saturated carbocycles.